The van der Waals surface area contributed by atoms with Gasteiger partial charge in [-0.3, -0.25) is 0 Å². The highest BCUT2D eigenvalue weighted by Gasteiger charge is 2.24. The van der Waals surface area contributed by atoms with E-state index >= 15 is 0 Å². The second-order valence-corrected chi connectivity index (χ2v) is 14.8. The number of thiophene rings is 1. The molecule has 1 heterocycles. The lowest BCUT2D eigenvalue weighted by atomic mass is 10.0. The van der Waals surface area contributed by atoms with E-state index in [1.54, 1.807) is 0 Å². The Hall–Kier alpha value is -6.94. The van der Waals surface area contributed by atoms with Crippen molar-refractivity contribution in [2.45, 2.75) is 0 Å². The van der Waals surface area contributed by atoms with Gasteiger partial charge in [0.1, 0.15) is 0 Å². The Morgan fingerprint density at radius 3 is 1.49 bits per heavy atom. The van der Waals surface area contributed by atoms with Crippen molar-refractivity contribution in [1.29, 1.82) is 0 Å². The Morgan fingerprint density at radius 2 is 0.818 bits per heavy atom. The number of hydrogen-bond acceptors (Lipinski definition) is 3. The Morgan fingerprint density at radius 1 is 0.309 bits per heavy atom. The van der Waals surface area contributed by atoms with E-state index in [0.717, 1.165) is 34.1 Å². The summed E-state index contributed by atoms with van der Waals surface area (Å²) in [6, 6.07) is 78.9. The van der Waals surface area contributed by atoms with Crippen LogP contribution < -0.4 is 9.80 Å². The van der Waals surface area contributed by atoms with Gasteiger partial charge in [-0.25, -0.2) is 0 Å². The average Bonchev–Trinajstić information content (AvgIpc) is 3.62. The highest BCUT2D eigenvalue weighted by Crippen LogP contribution is 2.51. The monoisotopic (exact) mass is 720 g/mol. The van der Waals surface area contributed by atoms with Crippen LogP contribution >= 0.6 is 11.3 Å². The van der Waals surface area contributed by atoms with Gasteiger partial charge in [0, 0.05) is 43.8 Å². The maximum absolute atomic E-state index is 2.46. The van der Waals surface area contributed by atoms with Gasteiger partial charge in [0.25, 0.3) is 0 Å². The first kappa shape index (κ1) is 32.7. The van der Waals surface area contributed by atoms with Gasteiger partial charge >= 0.3 is 0 Å². The van der Waals surface area contributed by atoms with Gasteiger partial charge in [-0.05, 0) is 94.2 Å². The topological polar surface area (TPSA) is 6.48 Å². The summed E-state index contributed by atoms with van der Waals surface area (Å²) in [4.78, 5) is 4.86. The largest absolute Gasteiger partial charge is 0.310 e. The molecule has 0 N–H and O–H groups in total. The number of benzene rings is 9. The zero-order valence-electron chi connectivity index (χ0n) is 30.1. The van der Waals surface area contributed by atoms with Crippen LogP contribution in [-0.4, -0.2) is 0 Å². The van der Waals surface area contributed by atoms with Crippen molar-refractivity contribution in [2.75, 3.05) is 9.80 Å². The minimum absolute atomic E-state index is 1.09. The number of anilines is 6. The highest BCUT2D eigenvalue weighted by atomic mass is 32.1. The average molecular weight is 721 g/mol. The van der Waals surface area contributed by atoms with Crippen LogP contribution in [0.2, 0.25) is 0 Å². The molecule has 0 saturated heterocycles. The molecule has 55 heavy (non-hydrogen) atoms. The van der Waals surface area contributed by atoms with E-state index in [2.05, 4.69) is 228 Å². The molecule has 0 spiro atoms. The molecule has 0 aliphatic carbocycles. The van der Waals surface area contributed by atoms with Crippen molar-refractivity contribution in [3.05, 3.63) is 218 Å². The lowest BCUT2D eigenvalue weighted by Gasteiger charge is -2.31. The Labute approximate surface area is 325 Å². The normalized spacial score (nSPS) is 11.3. The fourth-order valence-electron chi connectivity index (χ4n) is 7.80. The van der Waals surface area contributed by atoms with Crippen molar-refractivity contribution in [2.24, 2.45) is 0 Å². The van der Waals surface area contributed by atoms with Gasteiger partial charge in [-0.1, -0.05) is 152 Å². The van der Waals surface area contributed by atoms with Crippen LogP contribution in [0.1, 0.15) is 0 Å². The molecule has 10 rings (SSSR count). The molecule has 10 aromatic rings. The molecule has 0 unspecified atom stereocenters. The van der Waals surface area contributed by atoms with Gasteiger partial charge in [-0.15, -0.1) is 11.3 Å². The Balaban J connectivity index is 1.27. The van der Waals surface area contributed by atoms with Crippen molar-refractivity contribution >= 4 is 76.4 Å². The first-order valence-corrected chi connectivity index (χ1v) is 19.5. The Bertz CT molecular complexity index is 2900. The maximum Gasteiger partial charge on any atom is 0.0661 e. The van der Waals surface area contributed by atoms with Crippen molar-refractivity contribution in [3.63, 3.8) is 0 Å². The lowest BCUT2D eigenvalue weighted by molar-refractivity contribution is 1.26. The van der Waals surface area contributed by atoms with E-state index in [1.807, 2.05) is 11.3 Å². The number of hydrogen-bond donors (Lipinski definition) is 0. The molecular formula is C52H36N2S. The molecule has 9 aromatic carbocycles. The summed E-state index contributed by atoms with van der Waals surface area (Å²) in [6.07, 6.45) is 0. The van der Waals surface area contributed by atoms with E-state index in [1.165, 1.54) is 53.2 Å². The minimum Gasteiger partial charge on any atom is -0.310 e. The molecule has 0 fully saturated rings. The summed E-state index contributed by atoms with van der Waals surface area (Å²) >= 11 is 1.87. The number of fused-ring (bicyclic) bond motifs is 4. The molecule has 1 aromatic heterocycles. The van der Waals surface area contributed by atoms with Crippen LogP contribution in [0, 0.1) is 0 Å². The fourth-order valence-corrected chi connectivity index (χ4v) is 9.02. The molecular weight excluding hydrogens is 685 g/mol. The maximum atomic E-state index is 2.46. The third-order valence-corrected chi connectivity index (χ3v) is 11.6. The van der Waals surface area contributed by atoms with Crippen molar-refractivity contribution in [3.8, 4) is 22.3 Å². The van der Waals surface area contributed by atoms with E-state index in [4.69, 9.17) is 0 Å². The lowest BCUT2D eigenvalue weighted by Crippen LogP contribution is -2.14. The highest BCUT2D eigenvalue weighted by molar-refractivity contribution is 7.26. The molecule has 0 radical (unpaired) electrons. The fraction of sp³-hybridized carbons (Fsp3) is 0. The van der Waals surface area contributed by atoms with Crippen LogP contribution in [0.5, 0.6) is 0 Å². The molecule has 0 amide bonds. The second-order valence-electron chi connectivity index (χ2n) is 13.8. The third-order valence-electron chi connectivity index (χ3n) is 10.4. The SMILES string of the molecule is c1ccc(-c2ccc(N(c3ccccc3)c3cc(N(c4ccccc4)c4ccccc4-c4ccccc4)c4sc5cc6ccccc6cc5c4c3)cc2)cc1. The van der Waals surface area contributed by atoms with Crippen molar-refractivity contribution < 1.29 is 0 Å². The summed E-state index contributed by atoms with van der Waals surface area (Å²) < 4.78 is 2.52. The summed E-state index contributed by atoms with van der Waals surface area (Å²) in [5, 5.41) is 4.99. The quantitative estimate of drug-likeness (QED) is 0.154. The predicted octanol–water partition coefficient (Wildman–Crippen LogP) is 15.5. The van der Waals surface area contributed by atoms with Crippen LogP contribution in [0.15, 0.2) is 218 Å². The molecule has 0 aliphatic heterocycles. The van der Waals surface area contributed by atoms with E-state index in [0.29, 0.717) is 0 Å². The molecule has 260 valence electrons. The third kappa shape index (κ3) is 6.11. The first-order chi connectivity index (χ1) is 27.3. The second kappa shape index (κ2) is 14.1. The van der Waals surface area contributed by atoms with Gasteiger partial charge in [-0.2, -0.15) is 0 Å². The van der Waals surface area contributed by atoms with Crippen LogP contribution in [-0.2, 0) is 0 Å². The van der Waals surface area contributed by atoms with Crippen LogP contribution in [0.3, 0.4) is 0 Å². The Kier molecular flexibility index (Phi) is 8.40. The van der Waals surface area contributed by atoms with Gasteiger partial charge in [0.05, 0.1) is 16.1 Å². The van der Waals surface area contributed by atoms with Crippen molar-refractivity contribution in [1.82, 2.24) is 0 Å². The summed E-state index contributed by atoms with van der Waals surface area (Å²) in [7, 11) is 0. The van der Waals surface area contributed by atoms with Gasteiger partial charge in [0.2, 0.25) is 0 Å². The van der Waals surface area contributed by atoms with Gasteiger partial charge < -0.3 is 9.80 Å². The van der Waals surface area contributed by atoms with Crippen LogP contribution in [0.25, 0.3) is 53.2 Å². The summed E-state index contributed by atoms with van der Waals surface area (Å²) in [5.74, 6) is 0. The smallest absolute Gasteiger partial charge is 0.0661 e. The summed E-state index contributed by atoms with van der Waals surface area (Å²) in [5.41, 5.74) is 11.4. The van der Waals surface area contributed by atoms with Gasteiger partial charge in [0.15, 0.2) is 0 Å². The molecule has 0 aliphatic rings. The zero-order chi connectivity index (χ0) is 36.6. The number of rotatable bonds is 8. The van der Waals surface area contributed by atoms with E-state index in [-0.39, 0.29) is 0 Å². The standard InChI is InChI=1S/C52H36N2S/c1-5-17-37(18-6-1)38-29-31-44(32-30-38)53(42-23-9-3-10-24-42)45-35-48-47-33-40-21-13-14-22-41(40)34-51(47)55-52(48)50(36-45)54(43-25-11-4-12-26-43)49-28-16-15-27-46(49)39-19-7-2-8-20-39/h1-36H. The summed E-state index contributed by atoms with van der Waals surface area (Å²) in [6.45, 7) is 0. The minimum atomic E-state index is 1.09. The molecule has 0 saturated carbocycles. The molecule has 0 atom stereocenters. The predicted molar refractivity (Wildman–Crippen MR) is 237 cm³/mol. The van der Waals surface area contributed by atoms with Crippen LogP contribution in [0.4, 0.5) is 34.1 Å². The molecule has 3 heteroatoms. The first-order valence-electron chi connectivity index (χ1n) is 18.7. The molecule has 2 nitrogen and oxygen atoms in total. The molecule has 0 bridgehead atoms. The van der Waals surface area contributed by atoms with E-state index < -0.39 is 0 Å². The number of nitrogens with zero attached hydrogens (tertiary/aromatic N) is 2. The van der Waals surface area contributed by atoms with E-state index in [9.17, 15) is 0 Å². The zero-order valence-corrected chi connectivity index (χ0v) is 30.9. The number of para-hydroxylation sites is 3.